The minimum Gasteiger partial charge on any atom is -0.444 e. The molecule has 1 aromatic carbocycles. The van der Waals surface area contributed by atoms with E-state index in [1.54, 1.807) is 21.9 Å². The highest BCUT2D eigenvalue weighted by atomic mass is 19.4. The van der Waals surface area contributed by atoms with Crippen molar-refractivity contribution in [1.29, 1.82) is 0 Å². The van der Waals surface area contributed by atoms with Crippen molar-refractivity contribution in [3.63, 3.8) is 0 Å². The Morgan fingerprint density at radius 2 is 1.72 bits per heavy atom. The second-order valence-corrected chi connectivity index (χ2v) is 11.2. The number of rotatable bonds is 2. The normalized spacial score (nSPS) is 24.0. The molecular weight excluding hydrogens is 473 g/mol. The molecule has 2 aromatic rings. The van der Waals surface area contributed by atoms with Crippen LogP contribution < -0.4 is 0 Å². The summed E-state index contributed by atoms with van der Waals surface area (Å²) in [5.74, 6) is -0.0303. The van der Waals surface area contributed by atoms with Crippen LogP contribution in [-0.4, -0.2) is 57.2 Å². The van der Waals surface area contributed by atoms with Crippen molar-refractivity contribution in [3.8, 4) is 0 Å². The maximum atomic E-state index is 13.5. The minimum absolute atomic E-state index is 0.157. The predicted molar refractivity (Wildman–Crippen MR) is 125 cm³/mol. The molecule has 7 nitrogen and oxygen atoms in total. The molecule has 1 saturated heterocycles. The summed E-state index contributed by atoms with van der Waals surface area (Å²) in [6.45, 7) is 7.17. The molecule has 5 rings (SSSR count). The van der Waals surface area contributed by atoms with Crippen LogP contribution in [0.4, 0.5) is 18.0 Å². The van der Waals surface area contributed by atoms with Gasteiger partial charge in [-0.15, -0.1) is 0 Å². The van der Waals surface area contributed by atoms with Crippen LogP contribution in [0, 0.1) is 11.8 Å². The number of fused-ring (bicyclic) bond motifs is 2. The Morgan fingerprint density at radius 1 is 1.06 bits per heavy atom. The molecule has 3 aliphatic rings. The molecule has 1 saturated carbocycles. The van der Waals surface area contributed by atoms with Gasteiger partial charge in [0.1, 0.15) is 5.60 Å². The second-order valence-electron chi connectivity index (χ2n) is 11.2. The van der Waals surface area contributed by atoms with Crippen LogP contribution in [0.25, 0.3) is 0 Å². The van der Waals surface area contributed by atoms with Gasteiger partial charge in [-0.05, 0) is 63.0 Å². The van der Waals surface area contributed by atoms with Crippen molar-refractivity contribution < 1.29 is 27.5 Å². The molecule has 2 fully saturated rings. The summed E-state index contributed by atoms with van der Waals surface area (Å²) in [7, 11) is 0. The van der Waals surface area contributed by atoms with E-state index in [1.165, 1.54) is 6.07 Å². The summed E-state index contributed by atoms with van der Waals surface area (Å²) in [6, 6.07) is 5.83. The van der Waals surface area contributed by atoms with Crippen LogP contribution in [0.5, 0.6) is 0 Å². The van der Waals surface area contributed by atoms with Crippen LogP contribution in [0.3, 0.4) is 0 Å². The molecule has 10 heteroatoms. The molecular formula is C26H31F3N4O3. The number of halogens is 3. The van der Waals surface area contributed by atoms with E-state index in [1.807, 2.05) is 20.8 Å². The number of amides is 2. The number of ether oxygens (including phenoxy) is 1. The van der Waals surface area contributed by atoms with Crippen molar-refractivity contribution in [2.45, 2.75) is 64.3 Å². The first-order valence-electron chi connectivity index (χ1n) is 12.4. The van der Waals surface area contributed by atoms with Gasteiger partial charge in [-0.1, -0.05) is 18.2 Å². The highest BCUT2D eigenvalue weighted by molar-refractivity contribution is 5.94. The Hall–Kier alpha value is -3.04. The van der Waals surface area contributed by atoms with Gasteiger partial charge in [-0.3, -0.25) is 9.89 Å². The summed E-state index contributed by atoms with van der Waals surface area (Å²) < 4.78 is 46.0. The van der Waals surface area contributed by atoms with E-state index in [2.05, 4.69) is 10.2 Å². The third kappa shape index (κ3) is 4.69. The second kappa shape index (κ2) is 8.81. The molecule has 2 aliphatic heterocycles. The summed E-state index contributed by atoms with van der Waals surface area (Å²) >= 11 is 0. The van der Waals surface area contributed by atoms with Gasteiger partial charge in [-0.2, -0.15) is 18.3 Å². The number of aromatic amines is 1. The molecule has 0 radical (unpaired) electrons. The van der Waals surface area contributed by atoms with Gasteiger partial charge >= 0.3 is 12.3 Å². The van der Waals surface area contributed by atoms with Crippen LogP contribution >= 0.6 is 0 Å². The van der Waals surface area contributed by atoms with E-state index in [4.69, 9.17) is 4.74 Å². The molecule has 2 amide bonds. The summed E-state index contributed by atoms with van der Waals surface area (Å²) in [4.78, 5) is 29.3. The van der Waals surface area contributed by atoms with Crippen molar-refractivity contribution in [2.75, 3.05) is 19.6 Å². The minimum atomic E-state index is -4.37. The molecule has 194 valence electrons. The number of nitrogens with one attached hydrogen (secondary N) is 1. The van der Waals surface area contributed by atoms with E-state index in [-0.39, 0.29) is 30.2 Å². The summed E-state index contributed by atoms with van der Waals surface area (Å²) in [6.07, 6.45) is -2.98. The topological polar surface area (TPSA) is 78.5 Å². The molecule has 1 aliphatic carbocycles. The van der Waals surface area contributed by atoms with Crippen molar-refractivity contribution in [3.05, 3.63) is 52.3 Å². The van der Waals surface area contributed by atoms with Gasteiger partial charge in [-0.25, -0.2) is 4.79 Å². The molecule has 1 aromatic heterocycles. The highest BCUT2D eigenvalue weighted by Gasteiger charge is 2.46. The third-order valence-electron chi connectivity index (χ3n) is 7.53. The molecule has 0 bridgehead atoms. The highest BCUT2D eigenvalue weighted by Crippen LogP contribution is 2.49. The van der Waals surface area contributed by atoms with Gasteiger partial charge in [0.2, 0.25) is 0 Å². The fourth-order valence-corrected chi connectivity index (χ4v) is 5.93. The molecule has 3 atom stereocenters. The largest absolute Gasteiger partial charge is 0.444 e. The summed E-state index contributed by atoms with van der Waals surface area (Å²) in [5, 5.41) is 7.24. The lowest BCUT2D eigenvalue weighted by atomic mass is 9.91. The molecule has 1 N–H and O–H groups in total. The lowest BCUT2D eigenvalue weighted by Crippen LogP contribution is -2.40. The number of carbonyl (C=O) groups excluding carboxylic acids is 2. The van der Waals surface area contributed by atoms with Crippen molar-refractivity contribution >= 4 is 12.0 Å². The van der Waals surface area contributed by atoms with E-state index < -0.39 is 23.4 Å². The van der Waals surface area contributed by atoms with Crippen molar-refractivity contribution in [1.82, 2.24) is 20.0 Å². The maximum Gasteiger partial charge on any atom is 0.416 e. The summed E-state index contributed by atoms with van der Waals surface area (Å²) in [5.41, 5.74) is 1.07. The lowest BCUT2D eigenvalue weighted by Gasteiger charge is -2.30. The van der Waals surface area contributed by atoms with E-state index in [9.17, 15) is 22.8 Å². The van der Waals surface area contributed by atoms with Crippen LogP contribution in [-0.2, 0) is 23.9 Å². The Kier molecular flexibility index (Phi) is 6.03. The zero-order chi connectivity index (χ0) is 25.8. The monoisotopic (exact) mass is 504 g/mol. The average molecular weight is 505 g/mol. The number of hydrogen-bond acceptors (Lipinski definition) is 4. The SMILES string of the molecule is CC(C)(C)OC(=O)N1CCc2[nH]nc(C(=O)N3C[C@H]4CC(c5ccccc5C(F)(F)F)C[C@H]4C3)c2C1. The number of likely N-dealkylation sites (tertiary alicyclic amines) is 1. The number of alkyl halides is 3. The first kappa shape index (κ1) is 24.6. The maximum absolute atomic E-state index is 13.5. The Morgan fingerprint density at radius 3 is 2.36 bits per heavy atom. The quantitative estimate of drug-likeness (QED) is 0.625. The fourth-order valence-electron chi connectivity index (χ4n) is 5.93. The number of H-pyrrole nitrogens is 1. The van der Waals surface area contributed by atoms with Gasteiger partial charge in [0.15, 0.2) is 5.69 Å². The first-order chi connectivity index (χ1) is 16.9. The standard InChI is InChI=1S/C26H31F3N4O3/c1-25(2,3)36-24(35)32-9-8-21-19(14-32)22(31-30-21)23(34)33-12-16-10-15(11-17(16)13-33)18-6-4-5-7-20(18)26(27,28)29/h4-7,15-17H,8-14H2,1-3H3,(H,30,31)/t15?,16-,17+. The number of aromatic nitrogens is 2. The molecule has 0 spiro atoms. The van der Waals surface area contributed by atoms with Crippen LogP contribution in [0.2, 0.25) is 0 Å². The lowest BCUT2D eigenvalue weighted by molar-refractivity contribution is -0.138. The Labute approximate surface area is 208 Å². The van der Waals surface area contributed by atoms with Gasteiger partial charge in [0, 0.05) is 37.3 Å². The number of benzene rings is 1. The third-order valence-corrected chi connectivity index (χ3v) is 7.53. The van der Waals surface area contributed by atoms with E-state index >= 15 is 0 Å². The van der Waals surface area contributed by atoms with Gasteiger partial charge < -0.3 is 14.5 Å². The predicted octanol–water partition coefficient (Wildman–Crippen LogP) is 4.99. The van der Waals surface area contributed by atoms with Gasteiger partial charge in [0.05, 0.1) is 12.1 Å². The smallest absolute Gasteiger partial charge is 0.416 e. The molecule has 1 unspecified atom stereocenters. The number of nitrogens with zero attached hydrogens (tertiary/aromatic N) is 3. The average Bonchev–Trinajstić information content (AvgIpc) is 3.49. The fraction of sp³-hybridized carbons (Fsp3) is 0.577. The number of carbonyl (C=O) groups is 2. The van der Waals surface area contributed by atoms with Gasteiger partial charge in [0.25, 0.3) is 5.91 Å². The van der Waals surface area contributed by atoms with Crippen LogP contribution in [0.15, 0.2) is 24.3 Å². The van der Waals surface area contributed by atoms with E-state index in [0.717, 1.165) is 11.8 Å². The number of hydrogen-bond donors (Lipinski definition) is 1. The molecule has 3 heterocycles. The van der Waals surface area contributed by atoms with Crippen molar-refractivity contribution in [2.24, 2.45) is 11.8 Å². The zero-order valence-corrected chi connectivity index (χ0v) is 20.7. The first-order valence-corrected chi connectivity index (χ1v) is 12.4. The Balaban J connectivity index is 1.26. The van der Waals surface area contributed by atoms with Crippen LogP contribution in [0.1, 0.15) is 72.4 Å². The zero-order valence-electron chi connectivity index (χ0n) is 20.7. The van der Waals surface area contributed by atoms with E-state index in [0.29, 0.717) is 55.7 Å². The molecule has 36 heavy (non-hydrogen) atoms. The Bertz CT molecular complexity index is 1160.